The molecule has 0 aromatic heterocycles. The van der Waals surface area contributed by atoms with E-state index in [-0.39, 0.29) is 19.4 Å². The van der Waals surface area contributed by atoms with Gasteiger partial charge in [-0.3, -0.25) is 23.4 Å². The third-order valence-corrected chi connectivity index (χ3v) is 10.5. The second-order valence-corrected chi connectivity index (χ2v) is 16.3. The Balaban J connectivity index is 4.38. The molecule has 0 aromatic carbocycles. The molecule has 0 bridgehead atoms. The second-order valence-electron chi connectivity index (χ2n) is 14.8. The van der Waals surface area contributed by atoms with Gasteiger partial charge < -0.3 is 25.2 Å². The maximum atomic E-state index is 12.6. The third kappa shape index (κ3) is 37.2. The summed E-state index contributed by atoms with van der Waals surface area (Å²) in [5.41, 5.74) is 5.33. The minimum atomic E-state index is -4.72. The fraction of sp³-hybridized carbons (Fsp3) is 0.881. The number of aliphatic carboxylic acids is 1. The Kier molecular flexibility index (Phi) is 36.9. The average molecular weight is 790 g/mol. The van der Waals surface area contributed by atoms with Crippen molar-refractivity contribution in [1.29, 1.82) is 0 Å². The van der Waals surface area contributed by atoms with Crippen molar-refractivity contribution in [2.75, 3.05) is 19.8 Å². The zero-order chi connectivity index (χ0) is 40.0. The Bertz CT molecular complexity index is 979. The van der Waals surface area contributed by atoms with Crippen molar-refractivity contribution in [1.82, 2.24) is 0 Å². The van der Waals surface area contributed by atoms with Crippen LogP contribution < -0.4 is 5.73 Å². The lowest BCUT2D eigenvalue weighted by atomic mass is 10.0. The maximum absolute atomic E-state index is 12.6. The van der Waals surface area contributed by atoms with Crippen molar-refractivity contribution >= 4 is 25.7 Å². The summed E-state index contributed by atoms with van der Waals surface area (Å²) in [6.45, 7) is 2.78. The number of ether oxygens (including phenoxy) is 2. The van der Waals surface area contributed by atoms with Crippen LogP contribution in [-0.4, -0.2) is 59.9 Å². The fourth-order valence-electron chi connectivity index (χ4n) is 6.08. The number of nitrogens with two attached hydrogens (primary N) is 1. The van der Waals surface area contributed by atoms with Gasteiger partial charge in [0.2, 0.25) is 0 Å². The summed E-state index contributed by atoms with van der Waals surface area (Å²) in [5.74, 6) is -2.42. The van der Waals surface area contributed by atoms with Gasteiger partial charge in [-0.05, 0) is 25.7 Å². The standard InChI is InChI=1S/C42H80NO10P/c1-3-5-7-9-11-13-15-17-19-21-23-25-27-29-31-33-40(44)50-35-38(36-51-54(48,49)52-37-39(43)42(46)47)53-41(45)34-32-30-28-26-24-22-20-18-16-14-12-10-8-6-4-2/h27,29,38-39H,3-26,28,30-37,43H2,1-2H3,(H,46,47)(H,48,49). The van der Waals surface area contributed by atoms with Crippen molar-refractivity contribution in [3.8, 4) is 0 Å². The van der Waals surface area contributed by atoms with E-state index in [2.05, 4.69) is 24.4 Å². The number of unbranched alkanes of at least 4 members (excludes halogenated alkanes) is 25. The molecule has 318 valence electrons. The number of hydrogen-bond donors (Lipinski definition) is 3. The van der Waals surface area contributed by atoms with E-state index in [0.29, 0.717) is 12.8 Å². The molecule has 0 aliphatic heterocycles. The molecule has 0 fully saturated rings. The van der Waals surface area contributed by atoms with Crippen LogP contribution in [0.3, 0.4) is 0 Å². The summed E-state index contributed by atoms with van der Waals surface area (Å²) in [5, 5.41) is 8.88. The predicted molar refractivity (Wildman–Crippen MR) is 217 cm³/mol. The van der Waals surface area contributed by atoms with Gasteiger partial charge in [0.25, 0.3) is 0 Å². The molecule has 0 aliphatic rings. The molecule has 0 aromatic rings. The number of carbonyl (C=O) groups excluding carboxylic acids is 2. The van der Waals surface area contributed by atoms with Crippen LogP contribution in [-0.2, 0) is 37.5 Å². The van der Waals surface area contributed by atoms with Crippen LogP contribution in [0.1, 0.15) is 206 Å². The molecule has 0 saturated carbocycles. The van der Waals surface area contributed by atoms with E-state index in [1.165, 1.54) is 135 Å². The molecule has 0 saturated heterocycles. The maximum Gasteiger partial charge on any atom is 0.472 e. The predicted octanol–water partition coefficient (Wildman–Crippen LogP) is 11.3. The van der Waals surface area contributed by atoms with Crippen molar-refractivity contribution in [2.24, 2.45) is 5.73 Å². The lowest BCUT2D eigenvalue weighted by Gasteiger charge is -2.20. The van der Waals surface area contributed by atoms with Crippen molar-refractivity contribution < 1.29 is 47.5 Å². The molecular formula is C42H80NO10P. The highest BCUT2D eigenvalue weighted by Gasteiger charge is 2.28. The van der Waals surface area contributed by atoms with Crippen LogP contribution in [0.4, 0.5) is 0 Å². The summed E-state index contributed by atoms with van der Waals surface area (Å²) < 4.78 is 32.6. The Hall–Kier alpha value is -1.78. The molecule has 0 amide bonds. The molecule has 0 aliphatic carbocycles. The van der Waals surface area contributed by atoms with Gasteiger partial charge in [-0.25, -0.2) is 4.57 Å². The number of rotatable bonds is 41. The first-order valence-corrected chi connectivity index (χ1v) is 23.2. The lowest BCUT2D eigenvalue weighted by Crippen LogP contribution is -2.34. The van der Waals surface area contributed by atoms with E-state index in [4.69, 9.17) is 24.8 Å². The van der Waals surface area contributed by atoms with Gasteiger partial charge in [0, 0.05) is 12.8 Å². The molecule has 54 heavy (non-hydrogen) atoms. The first-order valence-electron chi connectivity index (χ1n) is 21.7. The van der Waals surface area contributed by atoms with E-state index in [1.807, 2.05) is 6.08 Å². The highest BCUT2D eigenvalue weighted by atomic mass is 31.2. The summed E-state index contributed by atoms with van der Waals surface area (Å²) in [7, 11) is -4.72. The number of allylic oxidation sites excluding steroid dienone is 2. The highest BCUT2D eigenvalue weighted by Crippen LogP contribution is 2.43. The highest BCUT2D eigenvalue weighted by molar-refractivity contribution is 7.47. The Morgan fingerprint density at radius 2 is 0.963 bits per heavy atom. The van der Waals surface area contributed by atoms with Crippen LogP contribution in [0.15, 0.2) is 12.2 Å². The smallest absolute Gasteiger partial charge is 0.472 e. The first kappa shape index (κ1) is 52.2. The molecule has 3 atom stereocenters. The third-order valence-electron chi connectivity index (χ3n) is 9.53. The topological polar surface area (TPSA) is 172 Å². The average Bonchev–Trinajstić information content (AvgIpc) is 3.14. The normalized spacial score (nSPS) is 13.9. The fourth-order valence-corrected chi connectivity index (χ4v) is 6.86. The molecule has 0 rings (SSSR count). The number of carbonyl (C=O) groups is 3. The van der Waals surface area contributed by atoms with Crippen LogP contribution >= 0.6 is 7.82 Å². The van der Waals surface area contributed by atoms with Crippen LogP contribution in [0.2, 0.25) is 0 Å². The Morgan fingerprint density at radius 3 is 1.43 bits per heavy atom. The van der Waals surface area contributed by atoms with Gasteiger partial charge in [0.05, 0.1) is 13.2 Å². The second kappa shape index (κ2) is 38.1. The van der Waals surface area contributed by atoms with Crippen LogP contribution in [0, 0.1) is 0 Å². The van der Waals surface area contributed by atoms with E-state index in [9.17, 15) is 23.8 Å². The molecular weight excluding hydrogens is 709 g/mol. The van der Waals surface area contributed by atoms with Crippen LogP contribution in [0.25, 0.3) is 0 Å². The molecule has 0 radical (unpaired) electrons. The number of carboxylic acids is 1. The quantitative estimate of drug-likeness (QED) is 0.0233. The number of hydrogen-bond acceptors (Lipinski definition) is 9. The molecule has 11 nitrogen and oxygen atoms in total. The van der Waals surface area contributed by atoms with E-state index in [0.717, 1.165) is 32.1 Å². The summed E-state index contributed by atoms with van der Waals surface area (Å²) in [6.07, 6.45) is 37.1. The van der Waals surface area contributed by atoms with Gasteiger partial charge in [-0.2, -0.15) is 0 Å². The minimum absolute atomic E-state index is 0.143. The summed E-state index contributed by atoms with van der Waals surface area (Å²) in [4.78, 5) is 45.9. The van der Waals surface area contributed by atoms with E-state index in [1.54, 1.807) is 0 Å². The molecule has 3 unspecified atom stereocenters. The molecule has 0 heterocycles. The first-order chi connectivity index (χ1) is 26.1. The summed E-state index contributed by atoms with van der Waals surface area (Å²) >= 11 is 0. The zero-order valence-corrected chi connectivity index (χ0v) is 35.2. The van der Waals surface area contributed by atoms with E-state index >= 15 is 0 Å². The van der Waals surface area contributed by atoms with Gasteiger partial charge in [-0.15, -0.1) is 0 Å². The number of phosphoric ester groups is 1. The van der Waals surface area contributed by atoms with Gasteiger partial charge in [0.1, 0.15) is 12.6 Å². The van der Waals surface area contributed by atoms with Gasteiger partial charge in [-0.1, -0.05) is 180 Å². The van der Waals surface area contributed by atoms with Gasteiger partial charge >= 0.3 is 25.7 Å². The monoisotopic (exact) mass is 790 g/mol. The van der Waals surface area contributed by atoms with Crippen molar-refractivity contribution in [3.63, 3.8) is 0 Å². The van der Waals surface area contributed by atoms with Crippen LogP contribution in [0.5, 0.6) is 0 Å². The Labute approximate surface area is 328 Å². The molecule has 4 N–H and O–H groups in total. The number of phosphoric acid groups is 1. The van der Waals surface area contributed by atoms with Crippen molar-refractivity contribution in [2.45, 2.75) is 219 Å². The zero-order valence-electron chi connectivity index (χ0n) is 34.3. The summed E-state index contributed by atoms with van der Waals surface area (Å²) in [6, 6.07) is -1.52. The number of esters is 2. The SMILES string of the molecule is CCCCCCCCCCCCCC=CCCC(=O)OCC(COP(=O)(O)OCC(N)C(=O)O)OC(=O)CCCCCCCCCCCCCCCCC. The molecule has 0 spiro atoms. The largest absolute Gasteiger partial charge is 0.480 e. The lowest BCUT2D eigenvalue weighted by molar-refractivity contribution is -0.161. The van der Waals surface area contributed by atoms with Crippen molar-refractivity contribution in [3.05, 3.63) is 12.2 Å². The van der Waals surface area contributed by atoms with E-state index < -0.39 is 51.1 Å². The Morgan fingerprint density at radius 1 is 0.556 bits per heavy atom. The number of carboxylic acid groups (broad SMARTS) is 1. The minimum Gasteiger partial charge on any atom is -0.480 e. The molecule has 12 heteroatoms. The van der Waals surface area contributed by atoms with Gasteiger partial charge in [0.15, 0.2) is 6.10 Å².